The zero-order valence-electron chi connectivity index (χ0n) is 31.1. The topological polar surface area (TPSA) is 169 Å². The van der Waals surface area contributed by atoms with Crippen LogP contribution in [0, 0.1) is 35.5 Å². The highest BCUT2D eigenvalue weighted by Gasteiger charge is 2.47. The summed E-state index contributed by atoms with van der Waals surface area (Å²) in [7, 11) is 5.35. The van der Waals surface area contributed by atoms with Gasteiger partial charge in [-0.15, -0.1) is 0 Å². The van der Waals surface area contributed by atoms with E-state index in [0.29, 0.717) is 18.6 Å². The van der Waals surface area contributed by atoms with Gasteiger partial charge < -0.3 is 53.8 Å². The number of ether oxygens (including phenoxy) is 6. The number of cyclic esters (lactones) is 1. The lowest BCUT2D eigenvalue weighted by atomic mass is 9.76. The van der Waals surface area contributed by atoms with Gasteiger partial charge in [-0.25, -0.2) is 0 Å². The molecule has 13 heteroatoms. The van der Waals surface area contributed by atoms with E-state index in [1.54, 1.807) is 20.8 Å². The third-order valence-electron chi connectivity index (χ3n) is 11.2. The molecule has 0 amide bonds. The second-order valence-electron chi connectivity index (χ2n) is 15.1. The molecule has 4 N–H and O–H groups in total. The zero-order chi connectivity index (χ0) is 36.2. The van der Waals surface area contributed by atoms with E-state index in [-0.39, 0.29) is 30.4 Å². The highest BCUT2D eigenvalue weighted by Crippen LogP contribution is 2.37. The maximum absolute atomic E-state index is 13.9. The predicted octanol–water partition coefficient (Wildman–Crippen LogP) is 3.04. The lowest BCUT2D eigenvalue weighted by Gasteiger charge is -2.46. The summed E-state index contributed by atoms with van der Waals surface area (Å²) in [5.41, 5.74) is 0.438. The Bertz CT molecular complexity index is 1050. The van der Waals surface area contributed by atoms with Crippen LogP contribution in [0.15, 0.2) is 5.16 Å². The number of hydrogen-bond donors (Lipinski definition) is 4. The highest BCUT2D eigenvalue weighted by molar-refractivity contribution is 5.88. The van der Waals surface area contributed by atoms with Crippen LogP contribution in [0.2, 0.25) is 0 Å². The molecule has 18 atom stereocenters. The van der Waals surface area contributed by atoms with Crippen LogP contribution in [0.1, 0.15) is 81.6 Å². The molecule has 280 valence electrons. The largest absolute Gasteiger partial charge is 0.462 e. The number of oxime groups is 1. The molecular formula is C35H64N2O11. The maximum Gasteiger partial charge on any atom is 0.311 e. The Balaban J connectivity index is 2.09. The lowest BCUT2D eigenvalue weighted by Crippen LogP contribution is -2.57. The van der Waals surface area contributed by atoms with Gasteiger partial charge in [0.2, 0.25) is 0 Å². The number of esters is 1. The summed E-state index contributed by atoms with van der Waals surface area (Å²) < 4.78 is 37.2. The molecule has 0 radical (unpaired) electrons. The average Bonchev–Trinajstić information content (AvgIpc) is 3.03. The van der Waals surface area contributed by atoms with E-state index < -0.39 is 91.1 Å². The second-order valence-corrected chi connectivity index (χ2v) is 15.1. The summed E-state index contributed by atoms with van der Waals surface area (Å²) in [6, 6.07) is -0.198. The van der Waals surface area contributed by atoms with Crippen LogP contribution in [0.3, 0.4) is 0 Å². The minimum absolute atomic E-state index is 0.178. The molecule has 13 nitrogen and oxygen atoms in total. The van der Waals surface area contributed by atoms with Gasteiger partial charge in [-0.05, 0) is 66.5 Å². The van der Waals surface area contributed by atoms with Gasteiger partial charge in [0.15, 0.2) is 12.6 Å². The molecule has 0 spiro atoms. The van der Waals surface area contributed by atoms with Crippen LogP contribution in [0.25, 0.3) is 0 Å². The molecule has 3 aliphatic heterocycles. The summed E-state index contributed by atoms with van der Waals surface area (Å²) >= 11 is 0. The van der Waals surface area contributed by atoms with Crippen molar-refractivity contribution in [2.24, 2.45) is 40.7 Å². The summed E-state index contributed by atoms with van der Waals surface area (Å²) in [6.07, 6.45) is -6.47. The van der Waals surface area contributed by atoms with E-state index >= 15 is 0 Å². The van der Waals surface area contributed by atoms with Gasteiger partial charge in [0.25, 0.3) is 0 Å². The molecule has 48 heavy (non-hydrogen) atoms. The second kappa shape index (κ2) is 17.7. The Kier molecular flexibility index (Phi) is 15.1. The van der Waals surface area contributed by atoms with Crippen molar-refractivity contribution in [3.8, 4) is 0 Å². The molecule has 0 aromatic carbocycles. The molecule has 0 aromatic heterocycles. The van der Waals surface area contributed by atoms with Crippen molar-refractivity contribution < 1.29 is 53.7 Å². The zero-order valence-corrected chi connectivity index (χ0v) is 31.1. The molecule has 0 aliphatic carbocycles. The third-order valence-corrected chi connectivity index (χ3v) is 11.2. The summed E-state index contributed by atoms with van der Waals surface area (Å²) in [5, 5.41) is 47.2. The number of likely N-dealkylation sites (N-methyl/N-ethyl adjacent to an activating group) is 1. The van der Waals surface area contributed by atoms with Gasteiger partial charge in [0, 0.05) is 37.3 Å². The van der Waals surface area contributed by atoms with Gasteiger partial charge in [0.1, 0.15) is 18.3 Å². The molecular weight excluding hydrogens is 624 g/mol. The van der Waals surface area contributed by atoms with Crippen molar-refractivity contribution in [1.82, 2.24) is 4.90 Å². The van der Waals surface area contributed by atoms with Gasteiger partial charge in [-0.2, -0.15) is 0 Å². The summed E-state index contributed by atoms with van der Waals surface area (Å²) in [4.78, 5) is 15.8. The molecule has 0 bridgehead atoms. The van der Waals surface area contributed by atoms with Crippen molar-refractivity contribution in [2.45, 2.75) is 155 Å². The van der Waals surface area contributed by atoms with Crippen molar-refractivity contribution in [3.05, 3.63) is 0 Å². The highest BCUT2D eigenvalue weighted by atomic mass is 16.7. The van der Waals surface area contributed by atoms with E-state index in [0.717, 1.165) is 0 Å². The van der Waals surface area contributed by atoms with Crippen molar-refractivity contribution in [1.29, 1.82) is 0 Å². The minimum atomic E-state index is -0.959. The maximum atomic E-state index is 13.9. The molecule has 0 aromatic rings. The van der Waals surface area contributed by atoms with Crippen LogP contribution < -0.4 is 0 Å². The molecule has 3 heterocycles. The number of carbonyl (C=O) groups is 1. The standard InChI is InChI=1S/C35H64N2O11/c1-16-13-17(2)32(48-35-31(40)25(37(10)11)14-18(3)44-35)21(6)33(47-27-15-26(43-12)30(39)24(9)45-27)22(7)34(41)46-23(8)19(4)29(38)20(5)28(16)36-42/h16-27,29-33,35,38-40,42H,13-15H2,1-12H3/b36-28+/t16-,17+,18-,19+,20+,21-,22-,23-,24+,25+,26+,27+,29+,30+,31-,32+,33?,35+/m1/s1. The monoisotopic (exact) mass is 688 g/mol. The van der Waals surface area contributed by atoms with Crippen LogP contribution in [-0.4, -0.2) is 132 Å². The van der Waals surface area contributed by atoms with Gasteiger partial charge in [0.05, 0.1) is 48.3 Å². The van der Waals surface area contributed by atoms with E-state index in [4.69, 9.17) is 28.4 Å². The van der Waals surface area contributed by atoms with Crippen molar-refractivity contribution >= 4 is 11.7 Å². The minimum Gasteiger partial charge on any atom is -0.462 e. The molecule has 3 fully saturated rings. The Morgan fingerprint density at radius 1 is 0.771 bits per heavy atom. The number of rotatable bonds is 6. The quantitative estimate of drug-likeness (QED) is 0.183. The third kappa shape index (κ3) is 9.46. The fourth-order valence-corrected chi connectivity index (χ4v) is 7.87. The first-order valence-corrected chi connectivity index (χ1v) is 17.7. The number of methoxy groups -OCH3 is 1. The summed E-state index contributed by atoms with van der Waals surface area (Å²) in [5.74, 6) is -3.24. The van der Waals surface area contributed by atoms with Gasteiger partial charge >= 0.3 is 5.97 Å². The van der Waals surface area contributed by atoms with E-state index in [2.05, 4.69) is 5.16 Å². The fourth-order valence-electron chi connectivity index (χ4n) is 7.87. The Morgan fingerprint density at radius 2 is 1.42 bits per heavy atom. The number of nitrogens with zero attached hydrogens (tertiary/aromatic N) is 2. The molecule has 3 saturated heterocycles. The van der Waals surface area contributed by atoms with Crippen LogP contribution in [0.5, 0.6) is 0 Å². The van der Waals surface area contributed by atoms with Crippen LogP contribution in [-0.2, 0) is 33.2 Å². The number of carbonyl (C=O) groups excluding carboxylic acids is 1. The van der Waals surface area contributed by atoms with Crippen LogP contribution >= 0.6 is 0 Å². The van der Waals surface area contributed by atoms with E-state index in [1.807, 2.05) is 60.5 Å². The SMILES string of the molecule is CO[C@H]1C[C@H](OC2[C@@H](C)C(=O)O[C@H](C)[C@H](C)[C@H](O)[C@@H](C)/C(=N/O)[C@H](C)C[C@H](C)[C@H](O[C@@H]3O[C@H](C)C[C@H](N(C)C)[C@H]3O)[C@H]2C)O[C@@H](C)[C@@H]1O. The van der Waals surface area contributed by atoms with Gasteiger partial charge in [-0.3, -0.25) is 4.79 Å². The first-order chi connectivity index (χ1) is 22.4. The average molecular weight is 689 g/mol. The Labute approximate surface area is 287 Å². The normalized spacial score (nSPS) is 48.2. The molecule has 3 aliphatic rings. The van der Waals surface area contributed by atoms with Crippen LogP contribution in [0.4, 0.5) is 0 Å². The predicted molar refractivity (Wildman–Crippen MR) is 178 cm³/mol. The number of hydrogen-bond acceptors (Lipinski definition) is 13. The smallest absolute Gasteiger partial charge is 0.311 e. The fraction of sp³-hybridized carbons (Fsp3) is 0.943. The first kappa shape index (κ1) is 41.0. The summed E-state index contributed by atoms with van der Waals surface area (Å²) in [6.45, 7) is 16.7. The van der Waals surface area contributed by atoms with Crippen molar-refractivity contribution in [2.75, 3.05) is 21.2 Å². The number of aliphatic hydroxyl groups is 3. The molecule has 1 unspecified atom stereocenters. The first-order valence-electron chi connectivity index (χ1n) is 17.7. The molecule has 3 rings (SSSR count). The Morgan fingerprint density at radius 3 is 2.00 bits per heavy atom. The van der Waals surface area contributed by atoms with Gasteiger partial charge in [-0.1, -0.05) is 39.8 Å². The van der Waals surface area contributed by atoms with E-state index in [9.17, 15) is 25.3 Å². The molecule has 0 saturated carbocycles. The lowest BCUT2D eigenvalue weighted by molar-refractivity contribution is -0.298. The Hall–Kier alpha value is -1.42. The number of aliphatic hydroxyl groups excluding tert-OH is 3. The van der Waals surface area contributed by atoms with E-state index in [1.165, 1.54) is 7.11 Å². The van der Waals surface area contributed by atoms with Crippen molar-refractivity contribution in [3.63, 3.8) is 0 Å².